The van der Waals surface area contributed by atoms with Crippen molar-refractivity contribution in [2.75, 3.05) is 32.4 Å². The smallest absolute Gasteiger partial charge is 0.353 e. The normalized spacial score (nSPS) is 14.5. The van der Waals surface area contributed by atoms with Crippen LogP contribution in [0.4, 0.5) is 5.95 Å². The molecule has 168 valence electrons. The molecule has 0 aliphatic heterocycles. The Hall–Kier alpha value is -2.60. The third-order valence-electron chi connectivity index (χ3n) is 4.18. The molecule has 0 aliphatic carbocycles. The van der Waals surface area contributed by atoms with Crippen LogP contribution < -0.4 is 11.3 Å². The zero-order chi connectivity index (χ0) is 22.3. The highest BCUT2D eigenvalue weighted by Crippen LogP contribution is 2.41. The van der Waals surface area contributed by atoms with Crippen LogP contribution in [-0.2, 0) is 36.5 Å². The number of nitrogens with two attached hydrogens (primary N) is 1. The maximum atomic E-state index is 12.2. The highest BCUT2D eigenvalue weighted by Gasteiger charge is 2.22. The number of benzene rings is 1. The van der Waals surface area contributed by atoms with E-state index in [-0.39, 0.29) is 37.8 Å². The second-order valence-electron chi connectivity index (χ2n) is 6.49. The Kier molecular flexibility index (Phi) is 7.91. The Morgan fingerprint density at radius 3 is 2.84 bits per heavy atom. The van der Waals surface area contributed by atoms with Gasteiger partial charge >= 0.3 is 7.60 Å². The van der Waals surface area contributed by atoms with Crippen LogP contribution in [0, 0.1) is 0 Å². The second kappa shape index (κ2) is 10.6. The summed E-state index contributed by atoms with van der Waals surface area (Å²) in [6, 6.07) is 9.44. The Bertz CT molecular complexity index is 1090. The topological polar surface area (TPSA) is 164 Å². The van der Waals surface area contributed by atoms with E-state index >= 15 is 0 Å². The van der Waals surface area contributed by atoms with E-state index in [1.54, 1.807) is 4.57 Å². The molecule has 0 amide bonds. The molecule has 0 spiro atoms. The number of nitrogen functional groups attached to an aromatic ring is 1. The number of hydrogen-bond donors (Lipinski definition) is 3. The molecule has 12 nitrogen and oxygen atoms in total. The van der Waals surface area contributed by atoms with Gasteiger partial charge in [0.2, 0.25) is 5.95 Å². The third kappa shape index (κ3) is 6.69. The fourth-order valence-electron chi connectivity index (χ4n) is 2.64. The van der Waals surface area contributed by atoms with Gasteiger partial charge in [-0.3, -0.25) is 14.3 Å². The van der Waals surface area contributed by atoms with E-state index in [0.29, 0.717) is 5.65 Å². The summed E-state index contributed by atoms with van der Waals surface area (Å²) in [7, 11) is -2.61. The Morgan fingerprint density at radius 2 is 2.10 bits per heavy atom. The molecular formula is C18H24N5O7P. The molecule has 2 unspecified atom stereocenters. The van der Waals surface area contributed by atoms with Crippen LogP contribution in [0.25, 0.3) is 11.2 Å². The summed E-state index contributed by atoms with van der Waals surface area (Å²) in [6.45, 7) is 0.340. The molecular weight excluding hydrogens is 429 g/mol. The number of H-pyrrole nitrogens is 1. The van der Waals surface area contributed by atoms with Gasteiger partial charge in [0.15, 0.2) is 17.5 Å². The van der Waals surface area contributed by atoms with E-state index < -0.39 is 25.8 Å². The lowest BCUT2D eigenvalue weighted by molar-refractivity contribution is -0.149. The first kappa shape index (κ1) is 23.1. The molecule has 3 aromatic rings. The van der Waals surface area contributed by atoms with E-state index in [1.807, 2.05) is 30.3 Å². The molecule has 2 heterocycles. The first-order valence-corrected chi connectivity index (χ1v) is 11.1. The van der Waals surface area contributed by atoms with Crippen LogP contribution in [0.3, 0.4) is 0 Å². The van der Waals surface area contributed by atoms with Crippen LogP contribution in [0.1, 0.15) is 5.56 Å². The molecule has 0 saturated heterocycles. The summed E-state index contributed by atoms with van der Waals surface area (Å²) in [6.07, 6.45) is 0.0794. The molecule has 4 N–H and O–H groups in total. The number of methoxy groups -OCH3 is 1. The number of nitrogens with one attached hydrogen (secondary N) is 1. The SMILES string of the molecule is COC(COP(=O)(O)COCCn1cnc2c(=O)[nH]c(N)nc21)OCc1ccccc1. The van der Waals surface area contributed by atoms with Gasteiger partial charge in [0, 0.05) is 13.7 Å². The van der Waals surface area contributed by atoms with Crippen molar-refractivity contribution < 1.29 is 28.2 Å². The lowest BCUT2D eigenvalue weighted by Gasteiger charge is -2.19. The van der Waals surface area contributed by atoms with E-state index in [2.05, 4.69) is 15.0 Å². The summed E-state index contributed by atoms with van der Waals surface area (Å²) >= 11 is 0. The predicted octanol–water partition coefficient (Wildman–Crippen LogP) is 1.07. The lowest BCUT2D eigenvalue weighted by Crippen LogP contribution is -2.22. The zero-order valence-electron chi connectivity index (χ0n) is 16.8. The van der Waals surface area contributed by atoms with Crippen molar-refractivity contribution in [1.29, 1.82) is 0 Å². The van der Waals surface area contributed by atoms with E-state index in [1.165, 1.54) is 13.4 Å². The Labute approximate surface area is 177 Å². The van der Waals surface area contributed by atoms with Gasteiger partial charge in [0.25, 0.3) is 5.56 Å². The first-order chi connectivity index (χ1) is 14.9. The van der Waals surface area contributed by atoms with Gasteiger partial charge in [0.1, 0.15) is 13.0 Å². The summed E-state index contributed by atoms with van der Waals surface area (Å²) in [5.41, 5.74) is 6.47. The first-order valence-electron chi connectivity index (χ1n) is 9.31. The minimum atomic E-state index is -4.02. The molecule has 13 heteroatoms. The van der Waals surface area contributed by atoms with Crippen LogP contribution in [0.2, 0.25) is 0 Å². The second-order valence-corrected chi connectivity index (χ2v) is 8.29. The quantitative estimate of drug-likeness (QED) is 0.205. The largest absolute Gasteiger partial charge is 0.369 e. The van der Waals surface area contributed by atoms with Gasteiger partial charge < -0.3 is 33.9 Å². The Morgan fingerprint density at radius 1 is 1.32 bits per heavy atom. The van der Waals surface area contributed by atoms with Crippen LogP contribution in [0.15, 0.2) is 41.5 Å². The minimum absolute atomic E-state index is 0.0318. The molecule has 0 bridgehead atoms. The number of fused-ring (bicyclic) bond motifs is 1. The maximum absolute atomic E-state index is 12.2. The van der Waals surface area contributed by atoms with Gasteiger partial charge in [-0.1, -0.05) is 30.3 Å². The average Bonchev–Trinajstić information content (AvgIpc) is 3.15. The van der Waals surface area contributed by atoms with Gasteiger partial charge in [0.05, 0.1) is 19.5 Å². The number of hydrogen-bond acceptors (Lipinski definition) is 9. The van der Waals surface area contributed by atoms with Gasteiger partial charge in [-0.2, -0.15) is 4.98 Å². The van der Waals surface area contributed by atoms with Crippen molar-refractivity contribution in [3.05, 3.63) is 52.6 Å². The number of imidazole rings is 1. The summed E-state index contributed by atoms with van der Waals surface area (Å²) < 4.78 is 34.7. The van der Waals surface area contributed by atoms with Crippen molar-refractivity contribution in [1.82, 2.24) is 19.5 Å². The number of aromatic amines is 1. The summed E-state index contributed by atoms with van der Waals surface area (Å²) in [5.74, 6) is -0.0318. The summed E-state index contributed by atoms with van der Waals surface area (Å²) in [4.78, 5) is 32.1. The van der Waals surface area contributed by atoms with Crippen LogP contribution in [-0.4, -0.2) is 57.4 Å². The van der Waals surface area contributed by atoms with E-state index in [9.17, 15) is 14.3 Å². The van der Waals surface area contributed by atoms with Crippen molar-refractivity contribution >= 4 is 24.7 Å². The standard InChI is InChI=1S/C18H24N5O7P/c1-27-14(29-9-13-5-3-2-4-6-13)10-30-31(25,26)12-28-8-7-23-11-20-15-16(23)21-18(19)22-17(15)24/h2-6,11,14H,7-10,12H2,1H3,(H,25,26)(H3,19,21,22,24). The molecule has 0 fully saturated rings. The zero-order valence-corrected chi connectivity index (χ0v) is 17.7. The van der Waals surface area contributed by atoms with Crippen molar-refractivity contribution in [3.8, 4) is 0 Å². The molecule has 1 aromatic carbocycles. The number of rotatable bonds is 12. The van der Waals surface area contributed by atoms with Gasteiger partial charge in [-0.25, -0.2) is 4.98 Å². The molecule has 0 aliphatic rings. The molecule has 0 radical (unpaired) electrons. The van der Waals surface area contributed by atoms with Gasteiger partial charge in [-0.15, -0.1) is 0 Å². The van der Waals surface area contributed by atoms with Gasteiger partial charge in [-0.05, 0) is 5.56 Å². The average molecular weight is 453 g/mol. The summed E-state index contributed by atoms with van der Waals surface area (Å²) in [5, 5.41) is 0. The maximum Gasteiger partial charge on any atom is 0.353 e. The van der Waals surface area contributed by atoms with E-state index in [4.69, 9.17) is 24.5 Å². The van der Waals surface area contributed by atoms with Crippen LogP contribution in [0.5, 0.6) is 0 Å². The fraction of sp³-hybridized carbons (Fsp3) is 0.389. The molecule has 2 aromatic heterocycles. The number of anilines is 1. The number of ether oxygens (including phenoxy) is 3. The van der Waals surface area contributed by atoms with Crippen LogP contribution >= 0.6 is 7.60 Å². The number of aromatic nitrogens is 4. The molecule has 2 atom stereocenters. The van der Waals surface area contributed by atoms with E-state index in [0.717, 1.165) is 5.56 Å². The highest BCUT2D eigenvalue weighted by atomic mass is 31.2. The molecule has 3 rings (SSSR count). The van der Waals surface area contributed by atoms with Crippen molar-refractivity contribution in [2.24, 2.45) is 0 Å². The van der Waals surface area contributed by atoms with Crippen molar-refractivity contribution in [3.63, 3.8) is 0 Å². The molecule has 31 heavy (non-hydrogen) atoms. The number of nitrogens with zero attached hydrogens (tertiary/aromatic N) is 3. The molecule has 0 saturated carbocycles. The minimum Gasteiger partial charge on any atom is -0.369 e. The Balaban J connectivity index is 1.42. The predicted molar refractivity (Wildman–Crippen MR) is 111 cm³/mol. The third-order valence-corrected chi connectivity index (χ3v) is 5.24. The lowest BCUT2D eigenvalue weighted by atomic mass is 10.2. The van der Waals surface area contributed by atoms with Crippen molar-refractivity contribution in [2.45, 2.75) is 19.4 Å². The highest BCUT2D eigenvalue weighted by molar-refractivity contribution is 7.52. The monoisotopic (exact) mass is 453 g/mol. The fourth-order valence-corrected chi connectivity index (χ4v) is 3.43.